The van der Waals surface area contributed by atoms with E-state index in [2.05, 4.69) is 0 Å². The largest absolute Gasteiger partial charge is 0.379 e. The Kier molecular flexibility index (Phi) is 3.77. The Morgan fingerprint density at radius 3 is 1.11 bits per heavy atom. The van der Waals surface area contributed by atoms with E-state index in [4.69, 9.17) is 37.6 Å². The van der Waals surface area contributed by atoms with E-state index >= 15 is 0 Å². The van der Waals surface area contributed by atoms with Crippen LogP contribution in [0.4, 0.5) is 0 Å². The third kappa shape index (κ3) is 1770. The van der Waals surface area contributed by atoms with E-state index in [1.54, 1.807) is 0 Å². The second-order valence-corrected chi connectivity index (χ2v) is 4.55. The van der Waals surface area contributed by atoms with Crippen molar-refractivity contribution < 1.29 is 5.21 Å². The Bertz CT molecular complexity index is 72.0. The molecule has 0 saturated carbocycles. The van der Waals surface area contributed by atoms with E-state index in [0.29, 0.717) is 0 Å². The first-order chi connectivity index (χ1) is 3.65. The van der Waals surface area contributed by atoms with Gasteiger partial charge in [-0.25, -0.2) is 0 Å². The summed E-state index contributed by atoms with van der Waals surface area (Å²) in [5.41, 5.74) is 24.2. The quantitative estimate of drug-likeness (QED) is 0.134. The molecule has 11 N–H and O–H groups in total. The third-order valence-electron chi connectivity index (χ3n) is 0. The zero-order chi connectivity index (χ0) is 8.15. The van der Waals surface area contributed by atoms with Crippen molar-refractivity contribution in [3.8, 4) is 0 Å². The molecule has 0 aromatic heterocycles. The van der Waals surface area contributed by atoms with Gasteiger partial charge in [0.25, 0.3) is 0 Å². The van der Waals surface area contributed by atoms with Gasteiger partial charge in [-0.3, -0.25) is 0 Å². The maximum Gasteiger partial charge on any atom is 0.152 e. The maximum atomic E-state index is 8.11. The Labute approximate surface area is 51.5 Å². The first-order valence-corrected chi connectivity index (χ1v) is 4.26. The van der Waals surface area contributed by atoms with Crippen LogP contribution < -0.4 is 27.5 Å². The van der Waals surface area contributed by atoms with Crippen molar-refractivity contribution in [1.82, 2.24) is 0 Å². The van der Waals surface area contributed by atoms with Crippen molar-refractivity contribution in [1.29, 1.82) is 0 Å². The first-order valence-electron chi connectivity index (χ1n) is 1.67. The summed E-state index contributed by atoms with van der Waals surface area (Å²) in [6, 6.07) is 0. The molecule has 9 heteroatoms. The van der Waals surface area contributed by atoms with Crippen molar-refractivity contribution in [3.05, 3.63) is 4.91 Å². The zero-order valence-corrected chi connectivity index (χ0v) is 5.53. The molecule has 0 aromatic carbocycles. The Morgan fingerprint density at radius 2 is 1.11 bits per heavy atom. The summed E-state index contributed by atoms with van der Waals surface area (Å²) in [5, 5.41) is 7.89. The Morgan fingerprint density at radius 1 is 1.11 bits per heavy atom. The number of nitrogens with zero attached hydrogens (tertiary/aromatic N) is 1. The average molecular weight is 158 g/mol. The molecule has 0 bridgehead atoms. The molecule has 0 unspecified atom stereocenters. The van der Waals surface area contributed by atoms with E-state index in [1.807, 2.05) is 0 Å². The number of hydrogen-bond acceptors (Lipinski definition) is 7. The Hall–Kier alpha value is -0.370. The fourth-order valence-electron chi connectivity index (χ4n) is 0. The van der Waals surface area contributed by atoms with Crippen LogP contribution in [-0.4, -0.2) is 5.21 Å². The SMILES string of the molecule is NP(N)(N)(N)N.O=NO. The predicted octanol–water partition coefficient (Wildman–Crippen LogP) is -1.95. The van der Waals surface area contributed by atoms with Crippen LogP contribution in [0.25, 0.3) is 0 Å². The zero-order valence-electron chi connectivity index (χ0n) is 4.64. The number of rotatable bonds is 0. The third-order valence-corrected chi connectivity index (χ3v) is 0. The van der Waals surface area contributed by atoms with Crippen LogP contribution in [0.1, 0.15) is 0 Å². The molecule has 58 valence electrons. The number of nitrogens with two attached hydrogens (primary N) is 5. The molecule has 8 nitrogen and oxygen atoms in total. The van der Waals surface area contributed by atoms with Gasteiger partial charge < -0.3 is 5.21 Å². The standard InChI is InChI=1S/H10N5P.HNO2/c1-6(2,3,4)5;2-1-3/h1-5H2;(H,2,3). The molecule has 0 atom stereocenters. The number of hydrogen-bond donors (Lipinski definition) is 6. The molecule has 0 rings (SSSR count). The second-order valence-electron chi connectivity index (χ2n) is 1.57. The fraction of sp³-hybridized carbons (Fsp3) is 0. The molecule has 0 aromatic rings. The van der Waals surface area contributed by atoms with Gasteiger partial charge in [-0.05, 0) is 0 Å². The summed E-state index contributed by atoms with van der Waals surface area (Å²) >= 11 is 0. The second kappa shape index (κ2) is 2.97. The summed E-state index contributed by atoms with van der Waals surface area (Å²) < 4.78 is 0. The summed E-state index contributed by atoms with van der Waals surface area (Å²) in [5.74, 6) is 0. The average Bonchev–Trinajstić information content (AvgIpc) is 1.23. The summed E-state index contributed by atoms with van der Waals surface area (Å²) in [6.45, 7) is 0. The van der Waals surface area contributed by atoms with Crippen molar-refractivity contribution in [2.45, 2.75) is 0 Å². The van der Waals surface area contributed by atoms with Gasteiger partial charge in [0.05, 0.1) is 0 Å². The van der Waals surface area contributed by atoms with Crippen LogP contribution in [0.2, 0.25) is 0 Å². The predicted molar refractivity (Wildman–Crippen MR) is 35.4 cm³/mol. The molecular weight excluding hydrogens is 147 g/mol. The molecule has 9 heavy (non-hydrogen) atoms. The molecule has 0 aliphatic carbocycles. The molecule has 0 heterocycles. The van der Waals surface area contributed by atoms with Crippen LogP contribution in [0.3, 0.4) is 0 Å². The van der Waals surface area contributed by atoms with Crippen molar-refractivity contribution in [2.75, 3.05) is 0 Å². The molecule has 0 radical (unpaired) electrons. The van der Waals surface area contributed by atoms with Crippen molar-refractivity contribution >= 4 is 7.36 Å². The van der Waals surface area contributed by atoms with E-state index < -0.39 is 7.36 Å². The minimum absolute atomic E-state index is 1.25. The van der Waals surface area contributed by atoms with Gasteiger partial charge in [0.1, 0.15) is 0 Å². The molecular formula is H11N6O2P. The van der Waals surface area contributed by atoms with Crippen molar-refractivity contribution in [2.24, 2.45) is 32.9 Å². The summed E-state index contributed by atoms with van der Waals surface area (Å²) in [4.78, 5) is 8.11. The van der Waals surface area contributed by atoms with Gasteiger partial charge in [0.15, 0.2) is 5.34 Å². The van der Waals surface area contributed by atoms with Crippen LogP contribution in [-0.2, 0) is 0 Å². The van der Waals surface area contributed by atoms with E-state index in [0.717, 1.165) is 0 Å². The Balaban J connectivity index is 0. The fourth-order valence-corrected chi connectivity index (χ4v) is 0. The summed E-state index contributed by atoms with van der Waals surface area (Å²) in [6.07, 6.45) is 0. The van der Waals surface area contributed by atoms with Gasteiger partial charge in [0.2, 0.25) is 0 Å². The minimum Gasteiger partial charge on any atom is -0.379 e. The smallest absolute Gasteiger partial charge is 0.152 e. The molecule has 0 aliphatic rings. The molecule has 0 saturated heterocycles. The van der Waals surface area contributed by atoms with Crippen molar-refractivity contribution in [3.63, 3.8) is 0 Å². The first kappa shape index (κ1) is 11.4. The molecule has 0 amide bonds. The minimum atomic E-state index is -3.55. The molecule has 0 fully saturated rings. The normalized spacial score (nSPS) is 14.1. The van der Waals surface area contributed by atoms with Gasteiger partial charge >= 0.3 is 34.9 Å². The van der Waals surface area contributed by atoms with Gasteiger partial charge in [-0.15, -0.1) is 4.91 Å². The van der Waals surface area contributed by atoms with Gasteiger partial charge in [-0.1, -0.05) is 0 Å². The molecule has 0 aliphatic heterocycles. The van der Waals surface area contributed by atoms with Gasteiger partial charge in [-0.2, -0.15) is 0 Å². The van der Waals surface area contributed by atoms with Gasteiger partial charge in [0, 0.05) is 0 Å². The van der Waals surface area contributed by atoms with Crippen LogP contribution in [0.5, 0.6) is 0 Å². The molecule has 0 spiro atoms. The monoisotopic (exact) mass is 158 g/mol. The maximum absolute atomic E-state index is 8.11. The topological polar surface area (TPSA) is 180 Å². The van der Waals surface area contributed by atoms with Crippen LogP contribution in [0, 0.1) is 4.91 Å². The van der Waals surface area contributed by atoms with Crippen LogP contribution in [0.15, 0.2) is 5.34 Å². The van der Waals surface area contributed by atoms with Crippen LogP contribution >= 0.6 is 7.36 Å². The van der Waals surface area contributed by atoms with E-state index in [-0.39, 0.29) is 0 Å². The van der Waals surface area contributed by atoms with E-state index in [9.17, 15) is 0 Å². The summed E-state index contributed by atoms with van der Waals surface area (Å²) in [7, 11) is -3.55. The van der Waals surface area contributed by atoms with E-state index in [1.165, 1.54) is 5.34 Å².